The van der Waals surface area contributed by atoms with Crippen LogP contribution in [0.15, 0.2) is 12.4 Å². The largest absolute Gasteiger partial charge is 0.444 e. The number of carbonyl (C=O) groups is 1. The molecule has 0 bridgehead atoms. The molecule has 1 saturated heterocycles. The Bertz CT molecular complexity index is 495. The van der Waals surface area contributed by atoms with E-state index >= 15 is 0 Å². The van der Waals surface area contributed by atoms with E-state index in [1.54, 1.807) is 12.4 Å². The molecule has 0 spiro atoms. The highest BCUT2D eigenvalue weighted by atomic mass is 16.7. The van der Waals surface area contributed by atoms with E-state index in [-0.39, 0.29) is 12.1 Å². The van der Waals surface area contributed by atoms with E-state index in [1.165, 1.54) is 4.80 Å². The number of aromatic nitrogens is 3. The van der Waals surface area contributed by atoms with Crippen molar-refractivity contribution >= 4 is 6.09 Å². The first-order chi connectivity index (χ1) is 10.1. The van der Waals surface area contributed by atoms with Crippen LogP contribution in [0.4, 0.5) is 4.79 Å². The Hall–Kier alpha value is -1.67. The van der Waals surface area contributed by atoms with Crippen molar-refractivity contribution in [2.24, 2.45) is 0 Å². The lowest BCUT2D eigenvalue weighted by Gasteiger charge is -2.27. The van der Waals surface area contributed by atoms with Crippen LogP contribution in [-0.2, 0) is 20.8 Å². The van der Waals surface area contributed by atoms with Gasteiger partial charge in [0.1, 0.15) is 11.7 Å². The van der Waals surface area contributed by atoms with Crippen molar-refractivity contribution in [3.63, 3.8) is 0 Å². The van der Waals surface area contributed by atoms with Crippen molar-refractivity contribution in [2.45, 2.75) is 64.7 Å². The Morgan fingerprint density at radius 1 is 1.45 bits per heavy atom. The summed E-state index contributed by atoms with van der Waals surface area (Å²) in [6, 6.07) is -0.357. The second-order valence-electron chi connectivity index (χ2n) is 6.70. The smallest absolute Gasteiger partial charge is 0.408 e. The first kappa shape index (κ1) is 16.7. The molecule has 8 nitrogen and oxygen atoms in total. The number of carbonyl (C=O) groups excluding carboxylic acids is 1. The molecule has 8 heteroatoms. The first-order valence-electron chi connectivity index (χ1n) is 7.30. The number of hydrogen-bond acceptors (Lipinski definition) is 6. The third-order valence-electron chi connectivity index (χ3n) is 3.01. The first-order valence-corrected chi connectivity index (χ1v) is 7.30. The molecule has 1 unspecified atom stereocenters. The van der Waals surface area contributed by atoms with Crippen molar-refractivity contribution in [1.82, 2.24) is 20.3 Å². The van der Waals surface area contributed by atoms with Gasteiger partial charge >= 0.3 is 6.09 Å². The van der Waals surface area contributed by atoms with Crippen LogP contribution in [0.25, 0.3) is 0 Å². The molecule has 0 saturated carbocycles. The summed E-state index contributed by atoms with van der Waals surface area (Å²) in [6.07, 6.45) is 2.37. The normalized spacial score (nSPS) is 22.3. The van der Waals surface area contributed by atoms with Gasteiger partial charge in [0, 0.05) is 0 Å². The van der Waals surface area contributed by atoms with Crippen LogP contribution in [0.3, 0.4) is 0 Å². The van der Waals surface area contributed by atoms with Crippen molar-refractivity contribution in [1.29, 1.82) is 0 Å². The van der Waals surface area contributed by atoms with E-state index in [4.69, 9.17) is 14.2 Å². The molecule has 1 aliphatic rings. The fraction of sp³-hybridized carbons (Fsp3) is 0.786. The summed E-state index contributed by atoms with van der Waals surface area (Å²) >= 11 is 0. The summed E-state index contributed by atoms with van der Waals surface area (Å²) in [5.41, 5.74) is -0.565. The third kappa shape index (κ3) is 4.96. The van der Waals surface area contributed by atoms with Gasteiger partial charge in [-0.25, -0.2) is 4.79 Å². The van der Waals surface area contributed by atoms with E-state index in [0.29, 0.717) is 13.2 Å². The number of hydrogen-bond donors (Lipinski definition) is 1. The minimum Gasteiger partial charge on any atom is -0.444 e. The van der Waals surface area contributed by atoms with Gasteiger partial charge < -0.3 is 19.5 Å². The lowest BCUT2D eigenvalue weighted by Crippen LogP contribution is -2.49. The molecule has 124 valence electrons. The van der Waals surface area contributed by atoms with Crippen LogP contribution in [0.5, 0.6) is 0 Å². The Labute approximate surface area is 130 Å². The number of ether oxygens (including phenoxy) is 3. The second-order valence-corrected chi connectivity index (χ2v) is 6.70. The Kier molecular flexibility index (Phi) is 4.72. The predicted molar refractivity (Wildman–Crippen MR) is 78.1 cm³/mol. The summed E-state index contributed by atoms with van der Waals surface area (Å²) < 4.78 is 16.7. The molecule has 1 N–H and O–H groups in total. The molecule has 0 aliphatic carbocycles. The van der Waals surface area contributed by atoms with Gasteiger partial charge in [-0.2, -0.15) is 15.0 Å². The molecule has 2 atom stereocenters. The molecule has 1 aromatic heterocycles. The standard InChI is InChI=1S/C14H24N4O4/c1-13(2,3)22-12(19)17-10(8-18-15-6-7-16-18)11-9-20-14(4,5)21-11/h6-7,10-11H,8-9H2,1-5H3,(H,17,19)/t10?,11-/m1/s1. The number of alkyl carbamates (subject to hydrolysis) is 1. The lowest BCUT2D eigenvalue weighted by atomic mass is 10.1. The molecular formula is C14H24N4O4. The average Bonchev–Trinajstić information content (AvgIpc) is 2.95. The van der Waals surface area contributed by atoms with Gasteiger partial charge in [0.15, 0.2) is 5.79 Å². The van der Waals surface area contributed by atoms with E-state index in [0.717, 1.165) is 0 Å². The zero-order chi connectivity index (χ0) is 16.4. The fourth-order valence-electron chi connectivity index (χ4n) is 2.14. The molecule has 2 heterocycles. The van der Waals surface area contributed by atoms with E-state index in [2.05, 4.69) is 15.5 Å². The Morgan fingerprint density at radius 2 is 2.09 bits per heavy atom. The molecule has 1 aromatic rings. The molecule has 1 fully saturated rings. The molecule has 0 aromatic carbocycles. The average molecular weight is 312 g/mol. The second kappa shape index (κ2) is 6.21. The maximum absolute atomic E-state index is 12.0. The van der Waals surface area contributed by atoms with Crippen molar-refractivity contribution in [3.8, 4) is 0 Å². The maximum atomic E-state index is 12.0. The van der Waals surface area contributed by atoms with Crippen LogP contribution in [-0.4, -0.2) is 51.2 Å². The van der Waals surface area contributed by atoms with Gasteiger partial charge in [0.05, 0.1) is 31.6 Å². The molecule has 22 heavy (non-hydrogen) atoms. The molecule has 0 radical (unpaired) electrons. The Balaban J connectivity index is 2.03. The van der Waals surface area contributed by atoms with Gasteiger partial charge in [0.25, 0.3) is 0 Å². The van der Waals surface area contributed by atoms with Gasteiger partial charge in [0.2, 0.25) is 0 Å². The zero-order valence-corrected chi connectivity index (χ0v) is 13.7. The number of nitrogens with zero attached hydrogens (tertiary/aromatic N) is 3. The topological polar surface area (TPSA) is 87.5 Å². The van der Waals surface area contributed by atoms with Crippen molar-refractivity contribution in [2.75, 3.05) is 6.61 Å². The van der Waals surface area contributed by atoms with Crippen LogP contribution >= 0.6 is 0 Å². The predicted octanol–water partition coefficient (Wildman–Crippen LogP) is 1.32. The summed E-state index contributed by atoms with van der Waals surface area (Å²) in [5, 5.41) is 11.0. The molecule has 1 amide bonds. The highest BCUT2D eigenvalue weighted by Gasteiger charge is 2.39. The lowest BCUT2D eigenvalue weighted by molar-refractivity contribution is -0.142. The minimum absolute atomic E-state index is 0.298. The molecular weight excluding hydrogens is 288 g/mol. The van der Waals surface area contributed by atoms with Crippen LogP contribution in [0.1, 0.15) is 34.6 Å². The fourth-order valence-corrected chi connectivity index (χ4v) is 2.14. The van der Waals surface area contributed by atoms with Gasteiger partial charge in [-0.1, -0.05) is 0 Å². The number of nitrogens with one attached hydrogen (secondary N) is 1. The summed E-state index contributed by atoms with van der Waals surface area (Å²) in [7, 11) is 0. The Morgan fingerprint density at radius 3 is 2.59 bits per heavy atom. The minimum atomic E-state index is -0.671. The van der Waals surface area contributed by atoms with Gasteiger partial charge in [-0.05, 0) is 34.6 Å². The summed E-state index contributed by atoms with van der Waals surface area (Å²) in [5.74, 6) is -0.671. The molecule has 1 aliphatic heterocycles. The quantitative estimate of drug-likeness (QED) is 0.902. The van der Waals surface area contributed by atoms with E-state index in [1.807, 2.05) is 34.6 Å². The van der Waals surface area contributed by atoms with Crippen LogP contribution in [0, 0.1) is 0 Å². The summed E-state index contributed by atoms with van der Waals surface area (Å²) in [4.78, 5) is 13.5. The molecule has 2 rings (SSSR count). The third-order valence-corrected chi connectivity index (χ3v) is 3.01. The van der Waals surface area contributed by atoms with E-state index in [9.17, 15) is 4.79 Å². The number of rotatable bonds is 4. The van der Waals surface area contributed by atoms with Crippen molar-refractivity contribution < 1.29 is 19.0 Å². The SMILES string of the molecule is CC(C)(C)OC(=O)NC(Cn1nccn1)[C@H]1COC(C)(C)O1. The summed E-state index contributed by atoms with van der Waals surface area (Å²) in [6.45, 7) is 9.87. The highest BCUT2D eigenvalue weighted by molar-refractivity contribution is 5.68. The highest BCUT2D eigenvalue weighted by Crippen LogP contribution is 2.24. The monoisotopic (exact) mass is 312 g/mol. The van der Waals surface area contributed by atoms with Crippen LogP contribution < -0.4 is 5.32 Å². The van der Waals surface area contributed by atoms with Gasteiger partial charge in [-0.15, -0.1) is 0 Å². The van der Waals surface area contributed by atoms with Crippen LogP contribution in [0.2, 0.25) is 0 Å². The van der Waals surface area contributed by atoms with Crippen molar-refractivity contribution in [3.05, 3.63) is 12.4 Å². The zero-order valence-electron chi connectivity index (χ0n) is 13.7. The van der Waals surface area contributed by atoms with E-state index < -0.39 is 17.5 Å². The maximum Gasteiger partial charge on any atom is 0.408 e. The number of amides is 1. The van der Waals surface area contributed by atoms with Gasteiger partial charge in [-0.3, -0.25) is 0 Å².